The molecule has 10 rings (SSSR count). The maximum atomic E-state index is 2.55. The Morgan fingerprint density at radius 1 is 0.400 bits per heavy atom. The van der Waals surface area contributed by atoms with Crippen molar-refractivity contribution in [2.75, 3.05) is 0 Å². The molecular formula is C38H24S2. The summed E-state index contributed by atoms with van der Waals surface area (Å²) in [6.45, 7) is 0. The van der Waals surface area contributed by atoms with Gasteiger partial charge in [0.1, 0.15) is 0 Å². The summed E-state index contributed by atoms with van der Waals surface area (Å²) in [4.78, 5) is 2.86. The highest BCUT2D eigenvalue weighted by atomic mass is 32.2. The van der Waals surface area contributed by atoms with Crippen molar-refractivity contribution in [1.82, 2.24) is 0 Å². The Kier molecular flexibility index (Phi) is 4.37. The summed E-state index contributed by atoms with van der Waals surface area (Å²) in [5.41, 5.74) is 8.86. The molecule has 0 aromatic heterocycles. The number of thioether (sulfide) groups is 2. The number of benzene rings is 6. The number of hydrogen-bond acceptors (Lipinski definition) is 2. The molecule has 6 aromatic carbocycles. The summed E-state index contributed by atoms with van der Waals surface area (Å²) in [7, 11) is 0. The molecule has 2 aliphatic heterocycles. The molecule has 0 spiro atoms. The molecule has 40 heavy (non-hydrogen) atoms. The first-order chi connectivity index (χ1) is 19.8. The van der Waals surface area contributed by atoms with Gasteiger partial charge < -0.3 is 0 Å². The van der Waals surface area contributed by atoms with E-state index in [1.54, 1.807) is 21.9 Å². The van der Waals surface area contributed by atoms with Crippen LogP contribution < -0.4 is 0 Å². The Balaban J connectivity index is 1.05. The van der Waals surface area contributed by atoms with Crippen molar-refractivity contribution >= 4 is 65.7 Å². The van der Waals surface area contributed by atoms with Crippen molar-refractivity contribution in [1.29, 1.82) is 0 Å². The summed E-state index contributed by atoms with van der Waals surface area (Å²) >= 11 is 4.14. The van der Waals surface area contributed by atoms with Gasteiger partial charge in [0.25, 0.3) is 0 Å². The molecule has 0 radical (unpaired) electrons. The molecule has 0 saturated heterocycles. The average Bonchev–Trinajstić information content (AvgIpc) is 3.76. The fourth-order valence-electron chi connectivity index (χ4n) is 7.67. The molecule has 0 nitrogen and oxygen atoms in total. The Bertz CT molecular complexity index is 2000. The molecule has 4 unspecified atom stereocenters. The SMILES string of the molecule is C1=C(c2ccc3ccccc3c2)SC2c3ccc4c5c(ccc(c35)C12)C1C=C(c2ccc3ccccc3c2)SC41. The Morgan fingerprint density at radius 2 is 0.825 bits per heavy atom. The fraction of sp³-hybridized carbons (Fsp3) is 0.105. The molecule has 0 bridgehead atoms. The molecule has 188 valence electrons. The molecule has 2 aliphatic carbocycles. The van der Waals surface area contributed by atoms with E-state index in [2.05, 4.69) is 145 Å². The minimum absolute atomic E-state index is 0.461. The molecule has 0 amide bonds. The zero-order valence-corrected chi connectivity index (χ0v) is 23.3. The number of rotatable bonds is 2. The molecule has 2 heterocycles. The summed E-state index contributed by atoms with van der Waals surface area (Å²) in [6, 6.07) is 41.1. The summed E-state index contributed by atoms with van der Waals surface area (Å²) in [5.74, 6) is 0.921. The second-order valence-corrected chi connectivity index (χ2v) is 13.9. The molecule has 0 saturated carbocycles. The van der Waals surface area contributed by atoms with E-state index >= 15 is 0 Å². The molecular weight excluding hydrogens is 521 g/mol. The van der Waals surface area contributed by atoms with Crippen LogP contribution in [-0.2, 0) is 0 Å². The molecule has 2 heteroatoms. The lowest BCUT2D eigenvalue weighted by Crippen LogP contribution is -1.95. The van der Waals surface area contributed by atoms with Crippen molar-refractivity contribution in [3.63, 3.8) is 0 Å². The van der Waals surface area contributed by atoms with Gasteiger partial charge in [-0.05, 0) is 77.8 Å². The Hall–Kier alpha value is -3.72. The van der Waals surface area contributed by atoms with Gasteiger partial charge in [-0.1, -0.05) is 109 Å². The first-order valence-electron chi connectivity index (χ1n) is 14.1. The predicted molar refractivity (Wildman–Crippen MR) is 174 cm³/mol. The Labute approximate surface area is 241 Å². The van der Waals surface area contributed by atoms with Crippen LogP contribution in [0.15, 0.2) is 121 Å². The van der Waals surface area contributed by atoms with Gasteiger partial charge in [0.15, 0.2) is 0 Å². The van der Waals surface area contributed by atoms with Crippen LogP contribution in [0.2, 0.25) is 0 Å². The Morgan fingerprint density at radius 3 is 1.30 bits per heavy atom. The number of fused-ring (bicyclic) bond motifs is 8. The lowest BCUT2D eigenvalue weighted by molar-refractivity contribution is 0.864. The summed E-state index contributed by atoms with van der Waals surface area (Å²) in [5, 5.41) is 9.34. The first kappa shape index (κ1) is 22.0. The largest absolute Gasteiger partial charge is 0.117 e. The van der Waals surface area contributed by atoms with Crippen molar-refractivity contribution in [3.8, 4) is 0 Å². The highest BCUT2D eigenvalue weighted by Crippen LogP contribution is 2.67. The first-order valence-corrected chi connectivity index (χ1v) is 15.9. The van der Waals surface area contributed by atoms with Gasteiger partial charge in [-0.25, -0.2) is 0 Å². The van der Waals surface area contributed by atoms with Crippen LogP contribution in [0, 0.1) is 0 Å². The second-order valence-electron chi connectivity index (χ2n) is 11.6. The minimum Gasteiger partial charge on any atom is -0.117 e. The van der Waals surface area contributed by atoms with Crippen LogP contribution in [0.1, 0.15) is 55.7 Å². The van der Waals surface area contributed by atoms with Crippen LogP contribution in [0.3, 0.4) is 0 Å². The van der Waals surface area contributed by atoms with E-state index in [4.69, 9.17) is 0 Å². The lowest BCUT2D eigenvalue weighted by Gasteiger charge is -2.14. The maximum absolute atomic E-state index is 2.55. The monoisotopic (exact) mass is 544 g/mol. The maximum Gasteiger partial charge on any atom is 0.0454 e. The van der Waals surface area contributed by atoms with Gasteiger partial charge in [-0.3, -0.25) is 0 Å². The normalized spacial score (nSPS) is 23.6. The van der Waals surface area contributed by atoms with E-state index in [1.165, 1.54) is 53.6 Å². The zero-order chi connectivity index (χ0) is 25.9. The van der Waals surface area contributed by atoms with E-state index in [0.29, 0.717) is 22.3 Å². The third kappa shape index (κ3) is 2.91. The molecule has 0 N–H and O–H groups in total. The summed E-state index contributed by atoms with van der Waals surface area (Å²) < 4.78 is 0. The van der Waals surface area contributed by atoms with Crippen LogP contribution in [-0.4, -0.2) is 0 Å². The van der Waals surface area contributed by atoms with Gasteiger partial charge in [0, 0.05) is 32.1 Å². The standard InChI is InChI=1S/C38H24S2/c1-3-7-23-17-25(11-9-21(23)5-1)33-19-31-27-13-14-28-32-20-34(26-12-10-22-6-2-4-8-24(22)18-26)40-38(32)30-16-15-29(37(31)39-33)35(27)36(28)30/h1-20,31-32,37-38H. The van der Waals surface area contributed by atoms with E-state index in [-0.39, 0.29) is 0 Å². The molecule has 0 fully saturated rings. The van der Waals surface area contributed by atoms with Crippen LogP contribution in [0.4, 0.5) is 0 Å². The van der Waals surface area contributed by atoms with Crippen LogP contribution in [0.25, 0.3) is 42.1 Å². The van der Waals surface area contributed by atoms with Crippen molar-refractivity contribution in [3.05, 3.63) is 155 Å². The molecule has 6 aromatic rings. The molecule has 4 atom stereocenters. The predicted octanol–water partition coefficient (Wildman–Crippen LogP) is 11.0. The smallest absolute Gasteiger partial charge is 0.0454 e. The van der Waals surface area contributed by atoms with Gasteiger partial charge in [0.2, 0.25) is 0 Å². The number of hydrogen-bond donors (Lipinski definition) is 0. The van der Waals surface area contributed by atoms with Crippen molar-refractivity contribution in [2.45, 2.75) is 22.3 Å². The van der Waals surface area contributed by atoms with E-state index in [9.17, 15) is 0 Å². The van der Waals surface area contributed by atoms with E-state index < -0.39 is 0 Å². The van der Waals surface area contributed by atoms with Crippen molar-refractivity contribution < 1.29 is 0 Å². The highest BCUT2D eigenvalue weighted by Gasteiger charge is 2.44. The van der Waals surface area contributed by atoms with E-state index in [0.717, 1.165) is 0 Å². The lowest BCUT2D eigenvalue weighted by atomic mass is 9.94. The third-order valence-electron chi connectivity index (χ3n) is 9.51. The zero-order valence-electron chi connectivity index (χ0n) is 21.7. The van der Waals surface area contributed by atoms with Crippen molar-refractivity contribution in [2.24, 2.45) is 0 Å². The quantitative estimate of drug-likeness (QED) is 0.213. The third-order valence-corrected chi connectivity index (χ3v) is 12.4. The van der Waals surface area contributed by atoms with Crippen LogP contribution >= 0.6 is 23.5 Å². The van der Waals surface area contributed by atoms with Gasteiger partial charge >= 0.3 is 0 Å². The van der Waals surface area contributed by atoms with Gasteiger partial charge in [0.05, 0.1) is 0 Å². The van der Waals surface area contributed by atoms with Gasteiger partial charge in [-0.2, -0.15) is 0 Å². The number of allylic oxidation sites excluding steroid dienone is 2. The summed E-state index contributed by atoms with van der Waals surface area (Å²) in [6.07, 6.45) is 5.11. The fourth-order valence-corrected chi connectivity index (χ4v) is 10.6. The average molecular weight is 545 g/mol. The second kappa shape index (κ2) is 7.94. The highest BCUT2D eigenvalue weighted by molar-refractivity contribution is 8.09. The van der Waals surface area contributed by atoms with Gasteiger partial charge in [-0.15, -0.1) is 23.5 Å². The topological polar surface area (TPSA) is 0 Å². The minimum atomic E-state index is 0.461. The van der Waals surface area contributed by atoms with E-state index in [1.807, 2.05) is 0 Å². The van der Waals surface area contributed by atoms with Crippen LogP contribution in [0.5, 0.6) is 0 Å². The molecule has 4 aliphatic rings.